The van der Waals surface area contributed by atoms with Crippen LogP contribution in [0.25, 0.3) is 0 Å². The van der Waals surface area contributed by atoms with Gasteiger partial charge in [0, 0.05) is 25.7 Å². The molecular weight excluding hydrogens is 240 g/mol. The van der Waals surface area contributed by atoms with E-state index >= 15 is 0 Å². The van der Waals surface area contributed by atoms with E-state index in [1.54, 1.807) is 7.05 Å². The molecule has 1 rings (SSSR count). The average Bonchev–Trinajstić information content (AvgIpc) is 2.28. The van der Waals surface area contributed by atoms with Gasteiger partial charge in [-0.05, 0) is 32.3 Å². The van der Waals surface area contributed by atoms with Gasteiger partial charge in [-0.3, -0.25) is 4.84 Å². The van der Waals surface area contributed by atoms with Crippen LogP contribution >= 0.6 is 0 Å². The molecule has 0 amide bonds. The maximum atomic E-state index is 5.93. The van der Waals surface area contributed by atoms with E-state index in [2.05, 4.69) is 30.4 Å². The molecule has 0 aliphatic rings. The van der Waals surface area contributed by atoms with Crippen molar-refractivity contribution in [3.05, 3.63) is 23.9 Å². The van der Waals surface area contributed by atoms with Crippen LogP contribution in [0.15, 0.2) is 18.3 Å². The van der Waals surface area contributed by atoms with Gasteiger partial charge >= 0.3 is 0 Å². The molecule has 0 aromatic carbocycles. The lowest BCUT2D eigenvalue weighted by Crippen LogP contribution is -2.34. The Morgan fingerprint density at radius 1 is 1.26 bits per heavy atom. The highest BCUT2D eigenvalue weighted by Crippen LogP contribution is 2.22. The zero-order chi connectivity index (χ0) is 14.5. The van der Waals surface area contributed by atoms with Crippen molar-refractivity contribution in [3.8, 4) is 5.88 Å². The number of hydrogen-bond acceptors (Lipinski definition) is 4. The Kier molecular flexibility index (Phi) is 5.76. The molecule has 0 fully saturated rings. The molecule has 4 heteroatoms. The molecule has 1 unspecified atom stereocenters. The Labute approximate surface area is 116 Å². The van der Waals surface area contributed by atoms with Crippen molar-refractivity contribution in [1.29, 1.82) is 0 Å². The van der Waals surface area contributed by atoms with E-state index in [0.717, 1.165) is 6.42 Å². The van der Waals surface area contributed by atoms with Crippen molar-refractivity contribution in [1.82, 2.24) is 10.5 Å². The number of pyridine rings is 1. The van der Waals surface area contributed by atoms with Crippen LogP contribution in [0.1, 0.15) is 52.5 Å². The van der Waals surface area contributed by atoms with Crippen molar-refractivity contribution < 1.29 is 9.57 Å². The van der Waals surface area contributed by atoms with Gasteiger partial charge in [-0.15, -0.1) is 0 Å². The SMILES string of the molecule is CNOC(C)CC(C)(C)Oc1ccc(C(C)C)cn1. The minimum absolute atomic E-state index is 0.0786. The van der Waals surface area contributed by atoms with Crippen LogP contribution in [0.5, 0.6) is 5.88 Å². The molecular formula is C15H26N2O2. The fraction of sp³-hybridized carbons (Fsp3) is 0.667. The lowest BCUT2D eigenvalue weighted by Gasteiger charge is -2.28. The number of aromatic nitrogens is 1. The standard InChI is InChI=1S/C15H26N2O2/c1-11(2)13-7-8-14(17-10-13)18-15(4,5)9-12(3)19-16-6/h7-8,10-12,16H,9H2,1-6H3. The van der Waals surface area contributed by atoms with Crippen LogP contribution in [0, 0.1) is 0 Å². The molecule has 0 spiro atoms. The molecule has 108 valence electrons. The molecule has 0 saturated heterocycles. The van der Waals surface area contributed by atoms with Crippen molar-refractivity contribution in [2.75, 3.05) is 7.05 Å². The van der Waals surface area contributed by atoms with Crippen LogP contribution in [0.4, 0.5) is 0 Å². The zero-order valence-electron chi connectivity index (χ0n) is 12.9. The molecule has 1 heterocycles. The molecule has 0 aliphatic carbocycles. The van der Waals surface area contributed by atoms with Gasteiger partial charge in [0.05, 0.1) is 6.10 Å². The van der Waals surface area contributed by atoms with Crippen molar-refractivity contribution in [3.63, 3.8) is 0 Å². The van der Waals surface area contributed by atoms with Gasteiger partial charge in [0.15, 0.2) is 0 Å². The molecule has 1 N–H and O–H groups in total. The van der Waals surface area contributed by atoms with Gasteiger partial charge < -0.3 is 4.74 Å². The Morgan fingerprint density at radius 2 is 1.95 bits per heavy atom. The Bertz CT molecular complexity index is 374. The Morgan fingerprint density at radius 3 is 2.42 bits per heavy atom. The summed E-state index contributed by atoms with van der Waals surface area (Å²) in [5.41, 5.74) is 3.61. The molecule has 0 radical (unpaired) electrons. The summed E-state index contributed by atoms with van der Waals surface area (Å²) in [5.74, 6) is 1.14. The summed E-state index contributed by atoms with van der Waals surface area (Å²) in [7, 11) is 1.76. The molecule has 1 atom stereocenters. The van der Waals surface area contributed by atoms with E-state index in [1.165, 1.54) is 5.56 Å². The summed E-state index contributed by atoms with van der Waals surface area (Å²) in [6.07, 6.45) is 2.74. The minimum Gasteiger partial charge on any atom is -0.472 e. The molecule has 1 aromatic heterocycles. The van der Waals surface area contributed by atoms with Gasteiger partial charge in [-0.1, -0.05) is 19.9 Å². The third-order valence-corrected chi connectivity index (χ3v) is 2.90. The van der Waals surface area contributed by atoms with Crippen LogP contribution in [-0.2, 0) is 4.84 Å². The van der Waals surface area contributed by atoms with E-state index in [1.807, 2.05) is 33.0 Å². The minimum atomic E-state index is -0.317. The highest BCUT2D eigenvalue weighted by molar-refractivity contribution is 5.20. The average molecular weight is 266 g/mol. The summed E-state index contributed by atoms with van der Waals surface area (Å²) in [4.78, 5) is 9.68. The highest BCUT2D eigenvalue weighted by Gasteiger charge is 2.24. The zero-order valence-corrected chi connectivity index (χ0v) is 12.9. The molecule has 0 aliphatic heterocycles. The predicted octanol–water partition coefficient (Wildman–Crippen LogP) is 3.29. The largest absolute Gasteiger partial charge is 0.472 e. The summed E-state index contributed by atoms with van der Waals surface area (Å²) < 4.78 is 5.93. The van der Waals surface area contributed by atoms with Gasteiger partial charge in [-0.2, -0.15) is 0 Å². The second-order valence-electron chi connectivity index (χ2n) is 5.78. The van der Waals surface area contributed by atoms with Crippen molar-refractivity contribution in [2.45, 2.75) is 58.7 Å². The molecule has 0 bridgehead atoms. The fourth-order valence-electron chi connectivity index (χ4n) is 2.05. The molecule has 4 nitrogen and oxygen atoms in total. The van der Waals surface area contributed by atoms with Gasteiger partial charge in [-0.25, -0.2) is 10.5 Å². The van der Waals surface area contributed by atoms with E-state index in [0.29, 0.717) is 11.8 Å². The maximum Gasteiger partial charge on any atom is 0.213 e. The molecule has 19 heavy (non-hydrogen) atoms. The van der Waals surface area contributed by atoms with Crippen LogP contribution < -0.4 is 10.2 Å². The smallest absolute Gasteiger partial charge is 0.213 e. The summed E-state index contributed by atoms with van der Waals surface area (Å²) in [6, 6.07) is 4.00. The van der Waals surface area contributed by atoms with Gasteiger partial charge in [0.1, 0.15) is 5.60 Å². The number of hydrogen-bond donors (Lipinski definition) is 1. The van der Waals surface area contributed by atoms with E-state index in [-0.39, 0.29) is 11.7 Å². The molecule has 1 aromatic rings. The lowest BCUT2D eigenvalue weighted by atomic mass is 10.0. The van der Waals surface area contributed by atoms with E-state index in [4.69, 9.17) is 9.57 Å². The number of ether oxygens (including phenoxy) is 1. The normalized spacial score (nSPS) is 13.6. The third kappa shape index (κ3) is 5.57. The van der Waals surface area contributed by atoms with E-state index in [9.17, 15) is 0 Å². The first kappa shape index (κ1) is 15.9. The predicted molar refractivity (Wildman–Crippen MR) is 77.3 cm³/mol. The topological polar surface area (TPSA) is 43.4 Å². The first-order valence-corrected chi connectivity index (χ1v) is 6.81. The highest BCUT2D eigenvalue weighted by atomic mass is 16.7. The second kappa shape index (κ2) is 6.87. The Balaban J connectivity index is 2.61. The second-order valence-corrected chi connectivity index (χ2v) is 5.78. The van der Waals surface area contributed by atoms with Crippen LogP contribution in [-0.4, -0.2) is 23.7 Å². The van der Waals surface area contributed by atoms with Crippen molar-refractivity contribution in [2.24, 2.45) is 0 Å². The quantitative estimate of drug-likeness (QED) is 0.769. The van der Waals surface area contributed by atoms with Gasteiger partial charge in [0.2, 0.25) is 5.88 Å². The van der Waals surface area contributed by atoms with Crippen LogP contribution in [0.3, 0.4) is 0 Å². The third-order valence-electron chi connectivity index (χ3n) is 2.90. The lowest BCUT2D eigenvalue weighted by molar-refractivity contribution is -0.0425. The number of hydroxylamine groups is 1. The van der Waals surface area contributed by atoms with Crippen LogP contribution in [0.2, 0.25) is 0 Å². The molecule has 0 saturated carbocycles. The number of rotatable bonds is 7. The van der Waals surface area contributed by atoms with Gasteiger partial charge in [0.25, 0.3) is 0 Å². The fourth-order valence-corrected chi connectivity index (χ4v) is 2.05. The summed E-state index contributed by atoms with van der Waals surface area (Å²) >= 11 is 0. The Hall–Kier alpha value is -1.13. The number of nitrogens with one attached hydrogen (secondary N) is 1. The first-order valence-electron chi connectivity index (χ1n) is 6.81. The summed E-state index contributed by atoms with van der Waals surface area (Å²) in [5, 5.41) is 0. The van der Waals surface area contributed by atoms with Crippen molar-refractivity contribution >= 4 is 0 Å². The first-order chi connectivity index (χ1) is 8.84. The summed E-state index contributed by atoms with van der Waals surface area (Å²) in [6.45, 7) is 10.4. The van der Waals surface area contributed by atoms with E-state index < -0.39 is 0 Å². The maximum absolute atomic E-state index is 5.93. The number of nitrogens with zero attached hydrogens (tertiary/aromatic N) is 1. The monoisotopic (exact) mass is 266 g/mol.